The van der Waals surface area contributed by atoms with Crippen LogP contribution in [-0.2, 0) is 13.1 Å². The molecule has 2 rings (SSSR count). The molecule has 1 fully saturated rings. The average Bonchev–Trinajstić information content (AvgIpc) is 3.04. The summed E-state index contributed by atoms with van der Waals surface area (Å²) in [6.45, 7) is 1.87. The summed E-state index contributed by atoms with van der Waals surface area (Å²) in [7, 11) is 1.83. The largest absolute Gasteiger partial charge is 0.465 e. The summed E-state index contributed by atoms with van der Waals surface area (Å²) in [5, 5.41) is 3.01. The number of hydrogen-bond donors (Lipinski definition) is 1. The van der Waals surface area contributed by atoms with Crippen molar-refractivity contribution in [1.82, 2.24) is 10.2 Å². The van der Waals surface area contributed by atoms with Crippen LogP contribution in [0.5, 0.6) is 0 Å². The van der Waals surface area contributed by atoms with E-state index in [1.165, 1.54) is 4.90 Å². The van der Waals surface area contributed by atoms with E-state index in [-0.39, 0.29) is 12.6 Å². The molecule has 1 aromatic heterocycles. The molecule has 1 aliphatic carbocycles. The first-order valence-electron chi connectivity index (χ1n) is 6.42. The van der Waals surface area contributed by atoms with Crippen molar-refractivity contribution in [2.45, 2.75) is 45.1 Å². The van der Waals surface area contributed by atoms with Crippen LogP contribution in [0, 0.1) is 6.92 Å². The van der Waals surface area contributed by atoms with Gasteiger partial charge in [-0.3, -0.25) is 4.90 Å². The van der Waals surface area contributed by atoms with E-state index in [4.69, 9.17) is 4.42 Å². The third kappa shape index (κ3) is 4.24. The lowest BCUT2D eigenvalue weighted by Crippen LogP contribution is -2.35. The van der Waals surface area contributed by atoms with Gasteiger partial charge in [-0.2, -0.15) is 13.2 Å². The van der Waals surface area contributed by atoms with Gasteiger partial charge in [-0.15, -0.1) is 0 Å². The number of aryl methyl sites for hydroxylation is 1. The normalized spacial score (nSPS) is 16.3. The number of nitrogens with zero attached hydrogens (tertiary/aromatic N) is 1. The molecule has 0 unspecified atom stereocenters. The SMILES string of the molecule is CNCc1cc(CN(CC(F)(F)F)C2CC2)oc1C. The Hall–Kier alpha value is -1.01. The molecule has 0 spiro atoms. The molecule has 108 valence electrons. The lowest BCUT2D eigenvalue weighted by Gasteiger charge is -2.22. The molecule has 0 saturated heterocycles. The van der Waals surface area contributed by atoms with E-state index in [2.05, 4.69) is 5.32 Å². The van der Waals surface area contributed by atoms with Crippen LogP contribution in [0.1, 0.15) is 29.9 Å². The Morgan fingerprint density at radius 1 is 1.42 bits per heavy atom. The summed E-state index contributed by atoms with van der Waals surface area (Å²) in [6, 6.07) is 1.90. The highest BCUT2D eigenvalue weighted by Gasteiger charge is 2.38. The van der Waals surface area contributed by atoms with Crippen LogP contribution in [0.25, 0.3) is 0 Å². The molecule has 0 aliphatic heterocycles. The molecule has 1 N–H and O–H groups in total. The van der Waals surface area contributed by atoms with E-state index in [0.29, 0.717) is 12.3 Å². The molecule has 19 heavy (non-hydrogen) atoms. The minimum atomic E-state index is -4.15. The quantitative estimate of drug-likeness (QED) is 0.866. The van der Waals surface area contributed by atoms with E-state index >= 15 is 0 Å². The number of hydrogen-bond acceptors (Lipinski definition) is 3. The Labute approximate surface area is 110 Å². The van der Waals surface area contributed by atoms with Gasteiger partial charge < -0.3 is 9.73 Å². The van der Waals surface area contributed by atoms with Crippen molar-refractivity contribution in [3.8, 4) is 0 Å². The highest BCUT2D eigenvalue weighted by Crippen LogP contribution is 2.32. The summed E-state index contributed by atoms with van der Waals surface area (Å²) in [5.41, 5.74) is 1.00. The van der Waals surface area contributed by atoms with Crippen molar-refractivity contribution in [1.29, 1.82) is 0 Å². The van der Waals surface area contributed by atoms with E-state index in [1.807, 2.05) is 20.0 Å². The van der Waals surface area contributed by atoms with Gasteiger partial charge in [0.05, 0.1) is 13.1 Å². The van der Waals surface area contributed by atoms with Crippen LogP contribution >= 0.6 is 0 Å². The Morgan fingerprint density at radius 2 is 2.11 bits per heavy atom. The highest BCUT2D eigenvalue weighted by atomic mass is 19.4. The molecule has 0 amide bonds. The van der Waals surface area contributed by atoms with Crippen molar-refractivity contribution in [2.75, 3.05) is 13.6 Å². The van der Waals surface area contributed by atoms with Crippen LogP contribution < -0.4 is 5.32 Å². The molecular formula is C13H19F3N2O. The van der Waals surface area contributed by atoms with Gasteiger partial charge in [-0.1, -0.05) is 0 Å². The van der Waals surface area contributed by atoms with Crippen molar-refractivity contribution in [3.63, 3.8) is 0 Å². The van der Waals surface area contributed by atoms with Crippen molar-refractivity contribution < 1.29 is 17.6 Å². The first-order valence-corrected chi connectivity index (χ1v) is 6.42. The number of nitrogens with one attached hydrogen (secondary N) is 1. The minimum absolute atomic E-state index is 0.0554. The van der Waals surface area contributed by atoms with Gasteiger partial charge in [0.15, 0.2) is 0 Å². The number of alkyl halides is 3. The molecule has 0 bridgehead atoms. The van der Waals surface area contributed by atoms with Gasteiger partial charge in [-0.05, 0) is 32.9 Å². The van der Waals surface area contributed by atoms with E-state index in [0.717, 1.165) is 24.2 Å². The zero-order valence-electron chi connectivity index (χ0n) is 11.2. The Morgan fingerprint density at radius 3 is 2.63 bits per heavy atom. The Bertz CT molecular complexity index is 424. The molecule has 1 heterocycles. The monoisotopic (exact) mass is 276 g/mol. The fraction of sp³-hybridized carbons (Fsp3) is 0.692. The summed E-state index contributed by atoms with van der Waals surface area (Å²) in [4.78, 5) is 1.46. The summed E-state index contributed by atoms with van der Waals surface area (Å²) in [6.07, 6.45) is -2.46. The molecule has 0 radical (unpaired) electrons. The zero-order chi connectivity index (χ0) is 14.0. The Balaban J connectivity index is 2.02. The van der Waals surface area contributed by atoms with Gasteiger partial charge in [-0.25, -0.2) is 0 Å². The molecule has 1 aromatic rings. The number of furan rings is 1. The first-order chi connectivity index (χ1) is 8.89. The maximum atomic E-state index is 12.5. The van der Waals surface area contributed by atoms with E-state index in [1.54, 1.807) is 0 Å². The molecule has 0 aromatic carbocycles. The van der Waals surface area contributed by atoms with Crippen LogP contribution in [-0.4, -0.2) is 30.7 Å². The maximum absolute atomic E-state index is 12.5. The molecule has 0 atom stereocenters. The van der Waals surface area contributed by atoms with Crippen LogP contribution in [0.2, 0.25) is 0 Å². The fourth-order valence-corrected chi connectivity index (χ4v) is 2.22. The van der Waals surface area contributed by atoms with Crippen molar-refractivity contribution in [3.05, 3.63) is 23.2 Å². The predicted octanol–water partition coefficient (Wildman–Crippen LogP) is 2.83. The van der Waals surface area contributed by atoms with Crippen LogP contribution in [0.4, 0.5) is 13.2 Å². The topological polar surface area (TPSA) is 28.4 Å². The van der Waals surface area contributed by atoms with Crippen molar-refractivity contribution >= 4 is 0 Å². The maximum Gasteiger partial charge on any atom is 0.401 e. The van der Waals surface area contributed by atoms with Gasteiger partial charge >= 0.3 is 6.18 Å². The molecular weight excluding hydrogens is 257 g/mol. The minimum Gasteiger partial charge on any atom is -0.465 e. The zero-order valence-corrected chi connectivity index (χ0v) is 11.2. The molecule has 3 nitrogen and oxygen atoms in total. The molecule has 1 saturated carbocycles. The van der Waals surface area contributed by atoms with Crippen LogP contribution in [0.15, 0.2) is 10.5 Å². The van der Waals surface area contributed by atoms with E-state index < -0.39 is 12.7 Å². The molecule has 1 aliphatic rings. The lowest BCUT2D eigenvalue weighted by molar-refractivity contribution is -0.148. The van der Waals surface area contributed by atoms with Crippen molar-refractivity contribution in [2.24, 2.45) is 0 Å². The highest BCUT2D eigenvalue weighted by molar-refractivity contribution is 5.20. The van der Waals surface area contributed by atoms with Gasteiger partial charge in [0.2, 0.25) is 0 Å². The summed E-state index contributed by atoms with van der Waals surface area (Å²) >= 11 is 0. The van der Waals surface area contributed by atoms with Crippen LogP contribution in [0.3, 0.4) is 0 Å². The standard InChI is InChI=1S/C13H19F3N2O/c1-9-10(6-17-2)5-12(19-9)7-18(11-3-4-11)8-13(14,15)16/h5,11,17H,3-4,6-8H2,1-2H3. The fourth-order valence-electron chi connectivity index (χ4n) is 2.22. The van der Waals surface area contributed by atoms with Gasteiger partial charge in [0, 0.05) is 18.2 Å². The third-order valence-corrected chi connectivity index (χ3v) is 3.24. The second-order valence-electron chi connectivity index (χ2n) is 5.08. The number of halogens is 3. The van der Waals surface area contributed by atoms with E-state index in [9.17, 15) is 13.2 Å². The third-order valence-electron chi connectivity index (χ3n) is 3.24. The second kappa shape index (κ2) is 5.54. The number of rotatable bonds is 6. The second-order valence-corrected chi connectivity index (χ2v) is 5.08. The smallest absolute Gasteiger partial charge is 0.401 e. The average molecular weight is 276 g/mol. The summed E-state index contributed by atoms with van der Waals surface area (Å²) < 4.78 is 43.1. The predicted molar refractivity (Wildman–Crippen MR) is 65.7 cm³/mol. The van der Waals surface area contributed by atoms with Gasteiger partial charge in [0.1, 0.15) is 11.5 Å². The van der Waals surface area contributed by atoms with Gasteiger partial charge in [0.25, 0.3) is 0 Å². The molecule has 6 heteroatoms. The Kier molecular flexibility index (Phi) is 4.20. The summed E-state index contributed by atoms with van der Waals surface area (Å²) in [5.74, 6) is 1.38. The first kappa shape index (κ1) is 14.4. The lowest BCUT2D eigenvalue weighted by atomic mass is 10.2.